The number of para-hydroxylation sites is 3. The summed E-state index contributed by atoms with van der Waals surface area (Å²) in [5.41, 5.74) is 8.53. The van der Waals surface area contributed by atoms with Crippen molar-refractivity contribution in [2.45, 2.75) is 59.3 Å². The Hall–Kier alpha value is -4.93. The molecule has 0 radical (unpaired) electrons. The number of aryl methyl sites for hydroxylation is 1. The number of ether oxygens (including phenoxy) is 1. The number of nitrogens with zero attached hydrogens (tertiary/aromatic N) is 5. The summed E-state index contributed by atoms with van der Waals surface area (Å²) in [6.07, 6.45) is 3.89. The van der Waals surface area contributed by atoms with Crippen molar-refractivity contribution in [1.29, 1.82) is 0 Å². The van der Waals surface area contributed by atoms with Crippen LogP contribution in [0.4, 0.5) is 22.9 Å². The summed E-state index contributed by atoms with van der Waals surface area (Å²) in [6.45, 7) is 17.5. The Morgan fingerprint density at radius 3 is 2.12 bits per heavy atom. The van der Waals surface area contributed by atoms with Crippen LogP contribution in [0.3, 0.4) is 0 Å². The molecule has 0 fully saturated rings. The van der Waals surface area contributed by atoms with E-state index < -0.39 is 0 Å². The van der Waals surface area contributed by atoms with E-state index in [-0.39, 0.29) is 31.9 Å². The summed E-state index contributed by atoms with van der Waals surface area (Å²) in [6, 6.07) is 40.5. The average molecular weight is 850 g/mol. The van der Waals surface area contributed by atoms with Crippen LogP contribution in [-0.4, -0.2) is 14.5 Å². The maximum absolute atomic E-state index is 6.50. The second kappa shape index (κ2) is 13.0. The van der Waals surface area contributed by atoms with E-state index in [1.807, 2.05) is 36.7 Å². The zero-order valence-corrected chi connectivity index (χ0v) is 32.2. The minimum absolute atomic E-state index is 0. The zero-order valence-electron chi connectivity index (χ0n) is 29.9. The molecular weight excluding hydrogens is 810 g/mol. The Labute approximate surface area is 315 Å². The molecule has 0 aliphatic carbocycles. The number of fused-ring (bicyclic) bond motifs is 4. The fourth-order valence-electron chi connectivity index (χ4n) is 6.64. The SMILES string of the molecule is Cc1cc(C(C)(C)C)cnc1N1[CH-]N(c2[c-]c(Oc3[c-]c4c(cc3)c3ccccc3n4-c3cc(C(C)(C)C)ccn3)ccc2)c2ccccc21.[Pt]. The quantitative estimate of drug-likeness (QED) is 0.162. The number of rotatable bonds is 5. The molecule has 0 spiro atoms. The monoisotopic (exact) mass is 849 g/mol. The number of hydrogen-bond donors (Lipinski definition) is 0. The van der Waals surface area contributed by atoms with Crippen molar-refractivity contribution < 1.29 is 25.8 Å². The predicted octanol–water partition coefficient (Wildman–Crippen LogP) is 11.3. The largest absolute Gasteiger partial charge is 0.509 e. The van der Waals surface area contributed by atoms with Gasteiger partial charge in [0.2, 0.25) is 0 Å². The van der Waals surface area contributed by atoms with Gasteiger partial charge in [0.15, 0.2) is 0 Å². The third kappa shape index (κ3) is 6.31. The first-order chi connectivity index (χ1) is 24.0. The molecule has 0 amide bonds. The molecule has 4 aromatic carbocycles. The molecule has 260 valence electrons. The van der Waals surface area contributed by atoms with E-state index >= 15 is 0 Å². The van der Waals surface area contributed by atoms with Crippen LogP contribution in [0, 0.1) is 25.7 Å². The van der Waals surface area contributed by atoms with Gasteiger partial charge in [-0.05, 0) is 70.2 Å². The van der Waals surface area contributed by atoms with E-state index in [4.69, 9.17) is 14.7 Å². The van der Waals surface area contributed by atoms with E-state index in [1.54, 1.807) is 0 Å². The molecule has 0 saturated heterocycles. The van der Waals surface area contributed by atoms with Gasteiger partial charge in [-0.15, -0.1) is 48.1 Å². The second-order valence-electron chi connectivity index (χ2n) is 15.1. The number of benzene rings is 4. The van der Waals surface area contributed by atoms with E-state index in [0.717, 1.165) is 56.1 Å². The van der Waals surface area contributed by atoms with Gasteiger partial charge in [-0.3, -0.25) is 0 Å². The molecular formula is C44H40N5OPt-3. The van der Waals surface area contributed by atoms with Gasteiger partial charge in [-0.1, -0.05) is 83.5 Å². The Morgan fingerprint density at radius 1 is 0.667 bits per heavy atom. The second-order valence-corrected chi connectivity index (χ2v) is 15.1. The molecule has 6 nitrogen and oxygen atoms in total. The Kier molecular flexibility index (Phi) is 8.79. The molecule has 0 atom stereocenters. The third-order valence-electron chi connectivity index (χ3n) is 9.41. The fourth-order valence-corrected chi connectivity index (χ4v) is 6.64. The summed E-state index contributed by atoms with van der Waals surface area (Å²) < 4.78 is 8.69. The van der Waals surface area contributed by atoms with Gasteiger partial charge in [0.1, 0.15) is 11.6 Å². The number of pyridine rings is 2. The summed E-state index contributed by atoms with van der Waals surface area (Å²) >= 11 is 0. The molecule has 0 saturated carbocycles. The van der Waals surface area contributed by atoms with E-state index in [1.165, 1.54) is 11.1 Å². The predicted molar refractivity (Wildman–Crippen MR) is 204 cm³/mol. The third-order valence-corrected chi connectivity index (χ3v) is 9.41. The Balaban J connectivity index is 0.00000406. The van der Waals surface area contributed by atoms with Gasteiger partial charge >= 0.3 is 0 Å². The Morgan fingerprint density at radius 2 is 1.37 bits per heavy atom. The van der Waals surface area contributed by atoms with Gasteiger partial charge in [0.05, 0.1) is 0 Å². The van der Waals surface area contributed by atoms with Crippen molar-refractivity contribution in [1.82, 2.24) is 14.5 Å². The van der Waals surface area contributed by atoms with Crippen LogP contribution in [0.1, 0.15) is 58.2 Å². The zero-order chi connectivity index (χ0) is 34.8. The first-order valence-corrected chi connectivity index (χ1v) is 17.1. The van der Waals surface area contributed by atoms with Crippen LogP contribution in [0.2, 0.25) is 0 Å². The molecule has 7 aromatic rings. The molecule has 7 heteroatoms. The molecule has 0 bridgehead atoms. The summed E-state index contributed by atoms with van der Waals surface area (Å²) in [5, 5.41) is 2.24. The van der Waals surface area contributed by atoms with Gasteiger partial charge in [-0.2, -0.15) is 12.1 Å². The summed E-state index contributed by atoms with van der Waals surface area (Å²) in [7, 11) is 0. The van der Waals surface area contributed by atoms with E-state index in [9.17, 15) is 0 Å². The summed E-state index contributed by atoms with van der Waals surface area (Å²) in [5.74, 6) is 2.97. The van der Waals surface area contributed by atoms with E-state index in [2.05, 4.69) is 154 Å². The minimum atomic E-state index is -0.00811. The first kappa shape index (κ1) is 34.5. The number of anilines is 4. The minimum Gasteiger partial charge on any atom is -0.509 e. The van der Waals surface area contributed by atoms with Crippen molar-refractivity contribution >= 4 is 44.7 Å². The van der Waals surface area contributed by atoms with Crippen molar-refractivity contribution in [3.8, 4) is 17.3 Å². The number of hydrogen-bond acceptors (Lipinski definition) is 5. The molecule has 3 aromatic heterocycles. The molecule has 0 unspecified atom stereocenters. The normalized spacial score (nSPS) is 13.1. The smallest absolute Gasteiger partial charge is 0.135 e. The molecule has 1 aliphatic rings. The molecule has 4 heterocycles. The van der Waals surface area contributed by atoms with Crippen LogP contribution < -0.4 is 14.5 Å². The van der Waals surface area contributed by atoms with Crippen LogP contribution in [0.25, 0.3) is 27.6 Å². The van der Waals surface area contributed by atoms with Crippen molar-refractivity contribution in [2.75, 3.05) is 9.80 Å². The van der Waals surface area contributed by atoms with Crippen LogP contribution in [-0.2, 0) is 31.9 Å². The molecule has 8 rings (SSSR count). The maximum atomic E-state index is 6.50. The van der Waals surface area contributed by atoms with Crippen molar-refractivity contribution in [2.24, 2.45) is 0 Å². The Bertz CT molecular complexity index is 2400. The van der Waals surface area contributed by atoms with Gasteiger partial charge < -0.3 is 19.1 Å². The topological polar surface area (TPSA) is 46.4 Å². The maximum Gasteiger partial charge on any atom is 0.135 e. The molecule has 0 N–H and O–H groups in total. The standard InChI is InChI=1S/C44H40N5O.Pt/c1-29-23-31(44(5,6)7)27-46-42(29)48-28-47(38-17-10-11-18-39(38)48)32-13-12-14-33(25-32)50-34-19-20-36-35-15-8-9-16-37(35)49(40(36)26-34)41-24-30(21-22-45-41)43(2,3)4;/h8-24,27-28H,1-7H3;/q-3;. The number of aromatic nitrogens is 3. The van der Waals surface area contributed by atoms with E-state index in [0.29, 0.717) is 11.5 Å². The molecule has 1 aliphatic heterocycles. The van der Waals surface area contributed by atoms with Gasteiger partial charge in [0.25, 0.3) is 0 Å². The van der Waals surface area contributed by atoms with Crippen LogP contribution >= 0.6 is 0 Å². The van der Waals surface area contributed by atoms with Crippen LogP contribution in [0.15, 0.2) is 109 Å². The molecule has 51 heavy (non-hydrogen) atoms. The summed E-state index contributed by atoms with van der Waals surface area (Å²) in [4.78, 5) is 14.0. The first-order valence-electron chi connectivity index (χ1n) is 17.1. The van der Waals surface area contributed by atoms with Crippen LogP contribution in [0.5, 0.6) is 11.5 Å². The average Bonchev–Trinajstić information content (AvgIpc) is 3.64. The van der Waals surface area contributed by atoms with Crippen molar-refractivity contribution in [3.63, 3.8) is 0 Å². The fraction of sp³-hybridized carbons (Fsp3) is 0.205. The van der Waals surface area contributed by atoms with Gasteiger partial charge in [-0.25, -0.2) is 9.97 Å². The van der Waals surface area contributed by atoms with Crippen molar-refractivity contribution in [3.05, 3.63) is 145 Å². The van der Waals surface area contributed by atoms with Gasteiger partial charge in [0, 0.05) is 61.8 Å².